The molecular formula is C24H30N4O4. The fourth-order valence-electron chi connectivity index (χ4n) is 4.05. The fourth-order valence-corrected chi connectivity index (χ4v) is 4.05. The van der Waals surface area contributed by atoms with E-state index in [4.69, 9.17) is 9.47 Å². The number of hydrogen-bond acceptors (Lipinski definition) is 6. The van der Waals surface area contributed by atoms with Gasteiger partial charge in [0.1, 0.15) is 0 Å². The Hall–Kier alpha value is -3.10. The number of fused-ring (bicyclic) bond motifs is 1. The Labute approximate surface area is 188 Å². The van der Waals surface area contributed by atoms with Crippen LogP contribution in [0.5, 0.6) is 11.5 Å². The molecule has 0 radical (unpaired) electrons. The molecule has 0 saturated carbocycles. The van der Waals surface area contributed by atoms with Crippen molar-refractivity contribution < 1.29 is 19.1 Å². The molecule has 1 atom stereocenters. The number of benzene rings is 2. The second-order valence-corrected chi connectivity index (χ2v) is 8.29. The lowest BCUT2D eigenvalue weighted by molar-refractivity contribution is -0.139. The van der Waals surface area contributed by atoms with E-state index < -0.39 is 11.8 Å². The van der Waals surface area contributed by atoms with Crippen LogP contribution in [0.3, 0.4) is 0 Å². The second kappa shape index (κ2) is 10.0. The molecule has 0 aliphatic carbocycles. The van der Waals surface area contributed by atoms with Gasteiger partial charge in [-0.1, -0.05) is 30.3 Å². The molecule has 2 aliphatic rings. The number of amides is 2. The van der Waals surface area contributed by atoms with Gasteiger partial charge in [0, 0.05) is 39.3 Å². The number of piperazine rings is 1. The van der Waals surface area contributed by atoms with Crippen LogP contribution in [0, 0.1) is 6.92 Å². The first-order chi connectivity index (χ1) is 15.5. The number of likely N-dealkylation sites (N-methyl/N-ethyl adjacent to an activating group) is 1. The van der Waals surface area contributed by atoms with Gasteiger partial charge in [0.2, 0.25) is 6.79 Å². The number of hydrogen-bond donors (Lipinski definition) is 2. The molecule has 4 rings (SSSR count). The first-order valence-corrected chi connectivity index (χ1v) is 10.9. The molecule has 2 N–H and O–H groups in total. The quantitative estimate of drug-likeness (QED) is 0.665. The highest BCUT2D eigenvalue weighted by molar-refractivity contribution is 6.35. The van der Waals surface area contributed by atoms with E-state index in [1.807, 2.05) is 49.4 Å². The maximum Gasteiger partial charge on any atom is 0.309 e. The molecular weight excluding hydrogens is 408 g/mol. The lowest BCUT2D eigenvalue weighted by Gasteiger charge is -2.38. The third-order valence-electron chi connectivity index (χ3n) is 6.12. The number of nitrogens with one attached hydrogen (secondary N) is 2. The molecule has 8 heteroatoms. The van der Waals surface area contributed by atoms with Crippen molar-refractivity contribution in [3.63, 3.8) is 0 Å². The summed E-state index contributed by atoms with van der Waals surface area (Å²) in [5.74, 6) is 0.184. The summed E-state index contributed by atoms with van der Waals surface area (Å²) in [4.78, 5) is 29.5. The van der Waals surface area contributed by atoms with Gasteiger partial charge in [-0.25, -0.2) is 0 Å². The first kappa shape index (κ1) is 22.1. The Bertz CT molecular complexity index is 972. The first-order valence-electron chi connectivity index (χ1n) is 10.9. The van der Waals surface area contributed by atoms with Crippen LogP contribution in [-0.2, 0) is 16.1 Å². The van der Waals surface area contributed by atoms with Crippen molar-refractivity contribution in [2.24, 2.45) is 0 Å². The molecule has 0 aromatic heterocycles. The van der Waals surface area contributed by atoms with Crippen LogP contribution in [0.2, 0.25) is 0 Å². The minimum Gasteiger partial charge on any atom is -0.454 e. The van der Waals surface area contributed by atoms with Crippen molar-refractivity contribution in [1.29, 1.82) is 0 Å². The average molecular weight is 439 g/mol. The summed E-state index contributed by atoms with van der Waals surface area (Å²) < 4.78 is 11.0. The summed E-state index contributed by atoms with van der Waals surface area (Å²) in [6.07, 6.45) is 0. The molecule has 2 aliphatic heterocycles. The van der Waals surface area contributed by atoms with Gasteiger partial charge in [-0.3, -0.25) is 14.5 Å². The molecule has 32 heavy (non-hydrogen) atoms. The monoisotopic (exact) mass is 438 g/mol. The van der Waals surface area contributed by atoms with Gasteiger partial charge < -0.3 is 25.0 Å². The summed E-state index contributed by atoms with van der Waals surface area (Å²) in [5.41, 5.74) is 3.09. The molecule has 0 spiro atoms. The molecule has 0 bridgehead atoms. The van der Waals surface area contributed by atoms with Crippen LogP contribution in [0.25, 0.3) is 0 Å². The van der Waals surface area contributed by atoms with Gasteiger partial charge in [-0.2, -0.15) is 0 Å². The van der Waals surface area contributed by atoms with Gasteiger partial charge in [0.05, 0.1) is 6.04 Å². The van der Waals surface area contributed by atoms with E-state index >= 15 is 0 Å². The Balaban J connectivity index is 1.40. The van der Waals surface area contributed by atoms with E-state index in [0.29, 0.717) is 18.8 Å². The summed E-state index contributed by atoms with van der Waals surface area (Å²) in [6.45, 7) is 6.51. The zero-order valence-corrected chi connectivity index (χ0v) is 18.6. The highest BCUT2D eigenvalue weighted by Gasteiger charge is 2.27. The summed E-state index contributed by atoms with van der Waals surface area (Å²) in [6, 6.07) is 13.6. The summed E-state index contributed by atoms with van der Waals surface area (Å²) in [5, 5.41) is 5.54. The van der Waals surface area contributed by atoms with Gasteiger partial charge in [-0.05, 0) is 42.8 Å². The van der Waals surface area contributed by atoms with Crippen molar-refractivity contribution in [3.05, 3.63) is 59.2 Å². The number of carbonyl (C=O) groups is 2. The van der Waals surface area contributed by atoms with Gasteiger partial charge in [-0.15, -0.1) is 0 Å². The van der Waals surface area contributed by atoms with Crippen LogP contribution < -0.4 is 20.1 Å². The largest absolute Gasteiger partial charge is 0.454 e. The SMILES string of the molecule is Cc1ccccc1CNC(=O)C(=O)NC[C@@H](c1ccc2c(c1)OCO2)N1CCN(C)CC1. The van der Waals surface area contributed by atoms with E-state index in [0.717, 1.165) is 48.6 Å². The maximum atomic E-state index is 12.5. The molecule has 170 valence electrons. The molecule has 8 nitrogen and oxygen atoms in total. The Morgan fingerprint density at radius 3 is 2.47 bits per heavy atom. The van der Waals surface area contributed by atoms with E-state index in [1.54, 1.807) is 0 Å². The Kier molecular flexibility index (Phi) is 6.92. The van der Waals surface area contributed by atoms with Crippen molar-refractivity contribution in [2.75, 3.05) is 46.6 Å². The predicted octanol–water partition coefficient (Wildman–Crippen LogP) is 1.44. The van der Waals surface area contributed by atoms with Crippen molar-refractivity contribution >= 4 is 11.8 Å². The Morgan fingerprint density at radius 2 is 1.69 bits per heavy atom. The molecule has 2 aromatic carbocycles. The van der Waals surface area contributed by atoms with E-state index in [2.05, 4.69) is 27.5 Å². The third kappa shape index (κ3) is 5.20. The average Bonchev–Trinajstić information content (AvgIpc) is 3.27. The molecule has 2 heterocycles. The van der Waals surface area contributed by atoms with Crippen molar-refractivity contribution in [3.8, 4) is 11.5 Å². The van der Waals surface area contributed by atoms with Gasteiger partial charge >= 0.3 is 11.8 Å². The predicted molar refractivity (Wildman–Crippen MR) is 120 cm³/mol. The van der Waals surface area contributed by atoms with Crippen LogP contribution >= 0.6 is 0 Å². The molecule has 2 aromatic rings. The van der Waals surface area contributed by atoms with E-state index in [9.17, 15) is 9.59 Å². The second-order valence-electron chi connectivity index (χ2n) is 8.29. The zero-order chi connectivity index (χ0) is 22.5. The Morgan fingerprint density at radius 1 is 0.969 bits per heavy atom. The topological polar surface area (TPSA) is 83.1 Å². The van der Waals surface area contributed by atoms with Crippen molar-refractivity contribution in [2.45, 2.75) is 19.5 Å². The molecule has 0 unspecified atom stereocenters. The normalized spacial score (nSPS) is 17.1. The van der Waals surface area contributed by atoms with Crippen LogP contribution in [0.15, 0.2) is 42.5 Å². The van der Waals surface area contributed by atoms with Gasteiger partial charge in [0.25, 0.3) is 0 Å². The standard InChI is InChI=1S/C24H30N4O4/c1-17-5-3-4-6-19(17)14-25-23(29)24(30)26-15-20(28-11-9-27(2)10-12-28)18-7-8-21-22(13-18)32-16-31-21/h3-8,13,20H,9-12,14-16H2,1-2H3,(H,25,29)(H,26,30)/t20-/m0/s1. The smallest absolute Gasteiger partial charge is 0.309 e. The van der Waals surface area contributed by atoms with Crippen molar-refractivity contribution in [1.82, 2.24) is 20.4 Å². The molecule has 2 amide bonds. The minimum absolute atomic E-state index is 0.0636. The van der Waals surface area contributed by atoms with Crippen LogP contribution in [0.1, 0.15) is 22.7 Å². The number of aryl methyl sites for hydroxylation is 1. The number of rotatable bonds is 6. The highest BCUT2D eigenvalue weighted by Crippen LogP contribution is 2.35. The van der Waals surface area contributed by atoms with E-state index in [-0.39, 0.29) is 12.8 Å². The number of ether oxygens (including phenoxy) is 2. The fraction of sp³-hybridized carbons (Fsp3) is 0.417. The zero-order valence-electron chi connectivity index (χ0n) is 18.6. The number of carbonyl (C=O) groups excluding carboxylic acids is 2. The lowest BCUT2D eigenvalue weighted by atomic mass is 10.0. The molecule has 1 saturated heterocycles. The van der Waals surface area contributed by atoms with Crippen LogP contribution in [-0.4, -0.2) is 68.2 Å². The third-order valence-corrected chi connectivity index (χ3v) is 6.12. The number of nitrogens with zero attached hydrogens (tertiary/aromatic N) is 2. The lowest BCUT2D eigenvalue weighted by Crippen LogP contribution is -2.49. The summed E-state index contributed by atoms with van der Waals surface area (Å²) >= 11 is 0. The molecule has 1 fully saturated rings. The van der Waals surface area contributed by atoms with Gasteiger partial charge in [0.15, 0.2) is 11.5 Å². The van der Waals surface area contributed by atoms with E-state index in [1.165, 1.54) is 0 Å². The van der Waals surface area contributed by atoms with Crippen LogP contribution in [0.4, 0.5) is 0 Å². The minimum atomic E-state index is -0.629. The summed E-state index contributed by atoms with van der Waals surface area (Å²) in [7, 11) is 2.10. The highest BCUT2D eigenvalue weighted by atomic mass is 16.7. The maximum absolute atomic E-state index is 12.5.